The SMILES string of the molecule is O=C1NCC2(CCNCC2)c2[nH]c(-c3ccnc(-c4cnc5ccccc5c4)c3)cc21. The number of carbonyl (C=O) groups excluding carboxylic acids is 1. The summed E-state index contributed by atoms with van der Waals surface area (Å²) in [6, 6.07) is 16.2. The lowest BCUT2D eigenvalue weighted by Crippen LogP contribution is -2.51. The van der Waals surface area contributed by atoms with E-state index in [4.69, 9.17) is 0 Å². The van der Waals surface area contributed by atoms with Gasteiger partial charge in [-0.2, -0.15) is 0 Å². The Morgan fingerprint density at radius 2 is 1.81 bits per heavy atom. The van der Waals surface area contributed by atoms with Crippen molar-refractivity contribution in [2.24, 2.45) is 0 Å². The predicted octanol–water partition coefficient (Wildman–Crippen LogP) is 3.66. The molecule has 6 rings (SSSR count). The van der Waals surface area contributed by atoms with Crippen LogP contribution in [0.4, 0.5) is 0 Å². The van der Waals surface area contributed by atoms with Gasteiger partial charge in [0.15, 0.2) is 0 Å². The van der Waals surface area contributed by atoms with Crippen molar-refractivity contribution in [2.75, 3.05) is 19.6 Å². The fourth-order valence-corrected chi connectivity index (χ4v) is 4.94. The fourth-order valence-electron chi connectivity index (χ4n) is 4.94. The van der Waals surface area contributed by atoms with Crippen LogP contribution in [0.1, 0.15) is 28.9 Å². The van der Waals surface area contributed by atoms with Gasteiger partial charge in [-0.15, -0.1) is 0 Å². The summed E-state index contributed by atoms with van der Waals surface area (Å²) in [6.45, 7) is 2.64. The molecule has 3 N–H and O–H groups in total. The molecule has 0 unspecified atom stereocenters. The average molecular weight is 409 g/mol. The van der Waals surface area contributed by atoms with Crippen LogP contribution in [0.15, 0.2) is 60.9 Å². The summed E-state index contributed by atoms with van der Waals surface area (Å²) in [5, 5.41) is 7.63. The molecule has 1 spiro atoms. The van der Waals surface area contributed by atoms with Crippen LogP contribution in [0.3, 0.4) is 0 Å². The summed E-state index contributed by atoms with van der Waals surface area (Å²) in [7, 11) is 0. The number of aromatic amines is 1. The van der Waals surface area contributed by atoms with Gasteiger partial charge < -0.3 is 15.6 Å². The smallest absolute Gasteiger partial charge is 0.253 e. The Hall–Kier alpha value is -3.51. The van der Waals surface area contributed by atoms with Crippen LogP contribution >= 0.6 is 0 Å². The molecule has 6 nitrogen and oxygen atoms in total. The van der Waals surface area contributed by atoms with Gasteiger partial charge in [0.2, 0.25) is 0 Å². The van der Waals surface area contributed by atoms with E-state index in [1.165, 1.54) is 0 Å². The molecule has 1 amide bonds. The number of amides is 1. The zero-order chi connectivity index (χ0) is 20.8. The lowest BCUT2D eigenvalue weighted by molar-refractivity contribution is 0.0913. The van der Waals surface area contributed by atoms with Crippen molar-refractivity contribution in [1.82, 2.24) is 25.6 Å². The topological polar surface area (TPSA) is 82.7 Å². The molecule has 0 atom stereocenters. The average Bonchev–Trinajstić information content (AvgIpc) is 3.30. The first-order chi connectivity index (χ1) is 15.2. The summed E-state index contributed by atoms with van der Waals surface area (Å²) in [5.41, 5.74) is 6.63. The van der Waals surface area contributed by atoms with E-state index in [-0.39, 0.29) is 11.3 Å². The molecular formula is C25H23N5O. The molecule has 3 aromatic heterocycles. The number of hydrogen-bond acceptors (Lipinski definition) is 4. The molecular weight excluding hydrogens is 386 g/mol. The molecule has 0 aliphatic carbocycles. The van der Waals surface area contributed by atoms with Crippen LogP contribution in [0, 0.1) is 0 Å². The maximum Gasteiger partial charge on any atom is 0.253 e. The number of rotatable bonds is 2. The Bertz CT molecular complexity index is 1300. The number of piperidine rings is 1. The largest absolute Gasteiger partial charge is 0.357 e. The number of hydrogen-bond donors (Lipinski definition) is 3. The van der Waals surface area contributed by atoms with Crippen molar-refractivity contribution in [3.8, 4) is 22.5 Å². The van der Waals surface area contributed by atoms with Crippen LogP contribution in [0.5, 0.6) is 0 Å². The normalized spacial score (nSPS) is 17.5. The van der Waals surface area contributed by atoms with Crippen molar-refractivity contribution in [3.63, 3.8) is 0 Å². The van der Waals surface area contributed by atoms with E-state index in [2.05, 4.69) is 43.8 Å². The molecule has 6 heteroatoms. The Balaban J connectivity index is 1.42. The number of nitrogens with one attached hydrogen (secondary N) is 3. The zero-order valence-corrected chi connectivity index (χ0v) is 17.1. The number of benzene rings is 1. The molecule has 2 aliphatic rings. The van der Waals surface area contributed by atoms with E-state index in [0.717, 1.165) is 70.6 Å². The van der Waals surface area contributed by atoms with Gasteiger partial charge in [0, 0.05) is 52.3 Å². The van der Waals surface area contributed by atoms with Gasteiger partial charge in [0.25, 0.3) is 5.91 Å². The summed E-state index contributed by atoms with van der Waals surface area (Å²) in [5.74, 6) is 0.00895. The summed E-state index contributed by atoms with van der Waals surface area (Å²) in [6.07, 6.45) is 5.72. The van der Waals surface area contributed by atoms with E-state index < -0.39 is 0 Å². The van der Waals surface area contributed by atoms with Gasteiger partial charge in [0.05, 0.1) is 16.8 Å². The second-order valence-electron chi connectivity index (χ2n) is 8.53. The lowest BCUT2D eigenvalue weighted by Gasteiger charge is -2.40. The number of carbonyl (C=O) groups is 1. The van der Waals surface area contributed by atoms with Crippen molar-refractivity contribution >= 4 is 16.8 Å². The number of aromatic nitrogens is 3. The maximum absolute atomic E-state index is 12.6. The minimum absolute atomic E-state index is 0.00895. The molecule has 154 valence electrons. The van der Waals surface area contributed by atoms with Crippen LogP contribution in [-0.4, -0.2) is 40.5 Å². The Kier molecular flexibility index (Phi) is 4.14. The van der Waals surface area contributed by atoms with E-state index >= 15 is 0 Å². The number of nitrogens with zero attached hydrogens (tertiary/aromatic N) is 2. The molecule has 0 saturated carbocycles. The van der Waals surface area contributed by atoms with E-state index in [0.29, 0.717) is 6.54 Å². The van der Waals surface area contributed by atoms with Crippen molar-refractivity contribution in [3.05, 3.63) is 72.2 Å². The highest BCUT2D eigenvalue weighted by Gasteiger charge is 2.42. The zero-order valence-electron chi connectivity index (χ0n) is 17.1. The van der Waals surface area contributed by atoms with E-state index in [1.807, 2.05) is 42.7 Å². The maximum atomic E-state index is 12.6. The van der Waals surface area contributed by atoms with E-state index in [9.17, 15) is 4.79 Å². The Morgan fingerprint density at radius 3 is 2.71 bits per heavy atom. The number of para-hydroxylation sites is 1. The number of pyridine rings is 2. The van der Waals surface area contributed by atoms with Crippen molar-refractivity contribution in [2.45, 2.75) is 18.3 Å². The van der Waals surface area contributed by atoms with Crippen LogP contribution in [0.2, 0.25) is 0 Å². The first-order valence-corrected chi connectivity index (χ1v) is 10.8. The molecule has 2 aliphatic heterocycles. The van der Waals surface area contributed by atoms with Gasteiger partial charge in [-0.05, 0) is 56.3 Å². The van der Waals surface area contributed by atoms with Crippen LogP contribution in [0.25, 0.3) is 33.4 Å². The molecule has 1 saturated heterocycles. The molecule has 5 heterocycles. The van der Waals surface area contributed by atoms with Gasteiger partial charge in [-0.1, -0.05) is 18.2 Å². The molecule has 1 aromatic carbocycles. The summed E-state index contributed by atoms with van der Waals surface area (Å²) in [4.78, 5) is 25.4. The second kappa shape index (κ2) is 7.03. The van der Waals surface area contributed by atoms with E-state index in [1.54, 1.807) is 0 Å². The third-order valence-electron chi connectivity index (χ3n) is 6.70. The first-order valence-electron chi connectivity index (χ1n) is 10.8. The molecule has 0 bridgehead atoms. The van der Waals surface area contributed by atoms with Crippen molar-refractivity contribution < 1.29 is 4.79 Å². The number of H-pyrrole nitrogens is 1. The minimum atomic E-state index is -0.00906. The van der Waals surface area contributed by atoms with Crippen LogP contribution in [-0.2, 0) is 5.41 Å². The highest BCUT2D eigenvalue weighted by Crippen LogP contribution is 2.39. The Labute approximate surface area is 180 Å². The highest BCUT2D eigenvalue weighted by atomic mass is 16.1. The van der Waals surface area contributed by atoms with Gasteiger partial charge in [-0.3, -0.25) is 14.8 Å². The molecule has 0 radical (unpaired) electrons. The van der Waals surface area contributed by atoms with Crippen molar-refractivity contribution in [1.29, 1.82) is 0 Å². The Morgan fingerprint density at radius 1 is 0.935 bits per heavy atom. The predicted molar refractivity (Wildman–Crippen MR) is 121 cm³/mol. The standard InChI is InChI=1S/C25H23N5O/c31-24-19-13-22(30-23(19)25(15-29-24)6-9-26-10-7-25)17-5-8-27-21(12-17)18-11-16-3-1-2-4-20(16)28-14-18/h1-5,8,11-14,26,30H,6-7,9-10,15H2,(H,29,31). The van der Waals surface area contributed by atoms with Gasteiger partial charge >= 0.3 is 0 Å². The summed E-state index contributed by atoms with van der Waals surface area (Å²) >= 11 is 0. The molecule has 1 fully saturated rings. The summed E-state index contributed by atoms with van der Waals surface area (Å²) < 4.78 is 0. The van der Waals surface area contributed by atoms with Gasteiger partial charge in [0.1, 0.15) is 0 Å². The highest BCUT2D eigenvalue weighted by molar-refractivity contribution is 5.98. The minimum Gasteiger partial charge on any atom is -0.357 e. The monoisotopic (exact) mass is 409 g/mol. The van der Waals surface area contributed by atoms with Crippen LogP contribution < -0.4 is 10.6 Å². The second-order valence-corrected chi connectivity index (χ2v) is 8.53. The lowest BCUT2D eigenvalue weighted by atomic mass is 9.73. The molecule has 4 aromatic rings. The third kappa shape index (κ3) is 3.02. The first kappa shape index (κ1) is 18.3. The molecule has 31 heavy (non-hydrogen) atoms. The fraction of sp³-hybridized carbons (Fsp3) is 0.240. The number of fused-ring (bicyclic) bond motifs is 3. The van der Waals surface area contributed by atoms with Gasteiger partial charge in [-0.25, -0.2) is 0 Å². The quantitative estimate of drug-likeness (QED) is 0.472. The third-order valence-corrected chi connectivity index (χ3v) is 6.70.